The monoisotopic (exact) mass is 219 g/mol. The molecule has 86 valence electrons. The predicted molar refractivity (Wildman–Crippen MR) is 63.0 cm³/mol. The van der Waals surface area contributed by atoms with Crippen LogP contribution in [0.4, 0.5) is 0 Å². The van der Waals surface area contributed by atoms with Gasteiger partial charge >= 0.3 is 0 Å². The summed E-state index contributed by atoms with van der Waals surface area (Å²) in [6.45, 7) is 3.81. The van der Waals surface area contributed by atoms with Gasteiger partial charge < -0.3 is 10.1 Å². The zero-order valence-corrected chi connectivity index (χ0v) is 9.64. The molecule has 3 nitrogen and oxygen atoms in total. The third-order valence-corrected chi connectivity index (χ3v) is 2.40. The zero-order chi connectivity index (χ0) is 12.0. The number of hydrogen-bond donors (Lipinski definition) is 1. The van der Waals surface area contributed by atoms with Gasteiger partial charge in [0.15, 0.2) is 0 Å². The van der Waals surface area contributed by atoms with E-state index in [1.54, 1.807) is 0 Å². The lowest BCUT2D eigenvalue weighted by Gasteiger charge is -2.15. The van der Waals surface area contributed by atoms with Crippen LogP contribution in [-0.2, 0) is 16.0 Å². The predicted octanol–water partition coefficient (Wildman–Crippen LogP) is 1.57. The van der Waals surface area contributed by atoms with E-state index >= 15 is 0 Å². The fourth-order valence-corrected chi connectivity index (χ4v) is 1.38. The summed E-state index contributed by atoms with van der Waals surface area (Å²) in [5.74, 6) is 0.00854. The van der Waals surface area contributed by atoms with Crippen molar-refractivity contribution in [2.45, 2.75) is 26.3 Å². The number of carbonyl (C=O) groups is 2. The first-order valence-electron chi connectivity index (χ1n) is 5.42. The van der Waals surface area contributed by atoms with Gasteiger partial charge in [0.25, 0.3) is 0 Å². The summed E-state index contributed by atoms with van der Waals surface area (Å²) < 4.78 is 0. The summed E-state index contributed by atoms with van der Waals surface area (Å²) >= 11 is 0. The highest BCUT2D eigenvalue weighted by atomic mass is 16.2. The molecule has 1 rings (SSSR count). The van der Waals surface area contributed by atoms with Gasteiger partial charge in [0, 0.05) is 0 Å². The largest absolute Gasteiger partial charge is 0.346 e. The number of benzene rings is 1. The molecule has 0 saturated carbocycles. The Hall–Kier alpha value is -1.64. The van der Waals surface area contributed by atoms with Crippen LogP contribution < -0.4 is 5.32 Å². The lowest BCUT2D eigenvalue weighted by atomic mass is 10.1. The first-order valence-corrected chi connectivity index (χ1v) is 5.42. The SMILES string of the molecule is CC(C)[C@H](C=O)NC(=O)Cc1ccccc1. The molecule has 0 saturated heterocycles. The summed E-state index contributed by atoms with van der Waals surface area (Å²) in [5.41, 5.74) is 0.952. The van der Waals surface area contributed by atoms with Gasteiger partial charge in [0.05, 0.1) is 12.5 Å². The van der Waals surface area contributed by atoms with Crippen LogP contribution in [0.5, 0.6) is 0 Å². The Labute approximate surface area is 95.9 Å². The highest BCUT2D eigenvalue weighted by Crippen LogP contribution is 2.02. The van der Waals surface area contributed by atoms with Gasteiger partial charge in [0.2, 0.25) is 5.91 Å². The van der Waals surface area contributed by atoms with Gasteiger partial charge in [-0.3, -0.25) is 4.79 Å². The zero-order valence-electron chi connectivity index (χ0n) is 9.64. The first-order chi connectivity index (χ1) is 7.63. The number of carbonyl (C=O) groups excluding carboxylic acids is 2. The Bertz CT molecular complexity index is 346. The number of hydrogen-bond acceptors (Lipinski definition) is 2. The van der Waals surface area contributed by atoms with Gasteiger partial charge in [-0.05, 0) is 11.5 Å². The summed E-state index contributed by atoms with van der Waals surface area (Å²) in [6.07, 6.45) is 1.10. The summed E-state index contributed by atoms with van der Waals surface area (Å²) in [6, 6.07) is 9.08. The normalized spacial score (nSPS) is 12.2. The van der Waals surface area contributed by atoms with E-state index in [0.717, 1.165) is 11.8 Å². The van der Waals surface area contributed by atoms with Crippen LogP contribution in [0.15, 0.2) is 30.3 Å². The average Bonchev–Trinajstić information content (AvgIpc) is 2.27. The molecule has 0 bridgehead atoms. The van der Waals surface area contributed by atoms with Gasteiger partial charge in [-0.25, -0.2) is 0 Å². The topological polar surface area (TPSA) is 46.2 Å². The van der Waals surface area contributed by atoms with E-state index in [0.29, 0.717) is 6.42 Å². The smallest absolute Gasteiger partial charge is 0.224 e. The lowest BCUT2D eigenvalue weighted by molar-refractivity contribution is -0.124. The van der Waals surface area contributed by atoms with Gasteiger partial charge in [-0.2, -0.15) is 0 Å². The molecule has 1 amide bonds. The molecule has 1 aromatic carbocycles. The van der Waals surface area contributed by atoms with Gasteiger partial charge in [-0.1, -0.05) is 44.2 Å². The maximum Gasteiger partial charge on any atom is 0.224 e. The molecule has 0 aliphatic rings. The minimum absolute atomic E-state index is 0.114. The van der Waals surface area contributed by atoms with Crippen LogP contribution in [0.1, 0.15) is 19.4 Å². The standard InChI is InChI=1S/C13H17NO2/c1-10(2)12(9-15)14-13(16)8-11-6-4-3-5-7-11/h3-7,9-10,12H,8H2,1-2H3,(H,14,16)/t12-/m0/s1. The molecule has 0 radical (unpaired) electrons. The number of aldehydes is 1. The Kier molecular flexibility index (Phi) is 4.70. The van der Waals surface area contributed by atoms with Crippen molar-refractivity contribution in [3.05, 3.63) is 35.9 Å². The average molecular weight is 219 g/mol. The van der Waals surface area contributed by atoms with Crippen molar-refractivity contribution in [1.29, 1.82) is 0 Å². The molecule has 3 heteroatoms. The van der Waals surface area contributed by atoms with E-state index in [1.807, 2.05) is 44.2 Å². The van der Waals surface area contributed by atoms with Crippen LogP contribution in [0.3, 0.4) is 0 Å². The third kappa shape index (κ3) is 3.85. The molecule has 0 spiro atoms. The molecule has 1 aromatic rings. The van der Waals surface area contributed by atoms with Crippen molar-refractivity contribution in [3.63, 3.8) is 0 Å². The second kappa shape index (κ2) is 6.05. The quantitative estimate of drug-likeness (QED) is 0.764. The van der Waals surface area contributed by atoms with Gasteiger partial charge in [-0.15, -0.1) is 0 Å². The molecule has 0 fully saturated rings. The second-order valence-electron chi connectivity index (χ2n) is 4.14. The van der Waals surface area contributed by atoms with Crippen molar-refractivity contribution in [1.82, 2.24) is 5.32 Å². The van der Waals surface area contributed by atoms with Crippen LogP contribution in [0.2, 0.25) is 0 Å². The van der Waals surface area contributed by atoms with Crippen molar-refractivity contribution in [3.8, 4) is 0 Å². The van der Waals surface area contributed by atoms with Crippen LogP contribution in [0.25, 0.3) is 0 Å². The Morgan fingerprint density at radius 1 is 1.31 bits per heavy atom. The Balaban J connectivity index is 2.50. The number of rotatable bonds is 5. The van der Waals surface area contributed by atoms with E-state index in [1.165, 1.54) is 0 Å². The number of nitrogens with one attached hydrogen (secondary N) is 1. The lowest BCUT2D eigenvalue weighted by Crippen LogP contribution is -2.40. The molecule has 0 heterocycles. The number of amides is 1. The highest BCUT2D eigenvalue weighted by Gasteiger charge is 2.14. The minimum Gasteiger partial charge on any atom is -0.346 e. The molecule has 0 aromatic heterocycles. The highest BCUT2D eigenvalue weighted by molar-refractivity contribution is 5.81. The molecule has 0 aliphatic carbocycles. The van der Waals surface area contributed by atoms with Crippen molar-refractivity contribution < 1.29 is 9.59 Å². The maximum absolute atomic E-state index is 11.6. The van der Waals surface area contributed by atoms with E-state index in [2.05, 4.69) is 5.32 Å². The fraction of sp³-hybridized carbons (Fsp3) is 0.385. The molecule has 1 N–H and O–H groups in total. The molecular formula is C13H17NO2. The molecular weight excluding hydrogens is 202 g/mol. The van der Waals surface area contributed by atoms with E-state index in [4.69, 9.17) is 0 Å². The van der Waals surface area contributed by atoms with Crippen LogP contribution in [-0.4, -0.2) is 18.2 Å². The van der Waals surface area contributed by atoms with Crippen LogP contribution >= 0.6 is 0 Å². The van der Waals surface area contributed by atoms with E-state index < -0.39 is 6.04 Å². The summed E-state index contributed by atoms with van der Waals surface area (Å²) in [5, 5.41) is 2.71. The molecule has 0 unspecified atom stereocenters. The fourth-order valence-electron chi connectivity index (χ4n) is 1.38. The van der Waals surface area contributed by atoms with Crippen molar-refractivity contribution in [2.75, 3.05) is 0 Å². The summed E-state index contributed by atoms with van der Waals surface area (Å²) in [4.78, 5) is 22.3. The van der Waals surface area contributed by atoms with Crippen molar-refractivity contribution in [2.24, 2.45) is 5.92 Å². The Morgan fingerprint density at radius 2 is 1.94 bits per heavy atom. The maximum atomic E-state index is 11.6. The van der Waals surface area contributed by atoms with Gasteiger partial charge in [0.1, 0.15) is 6.29 Å². The van der Waals surface area contributed by atoms with E-state index in [-0.39, 0.29) is 11.8 Å². The summed E-state index contributed by atoms with van der Waals surface area (Å²) in [7, 11) is 0. The van der Waals surface area contributed by atoms with Crippen LogP contribution in [0, 0.1) is 5.92 Å². The first kappa shape index (κ1) is 12.4. The van der Waals surface area contributed by atoms with Crippen molar-refractivity contribution >= 4 is 12.2 Å². The van der Waals surface area contributed by atoms with E-state index in [9.17, 15) is 9.59 Å². The minimum atomic E-state index is -0.392. The molecule has 1 atom stereocenters. The second-order valence-corrected chi connectivity index (χ2v) is 4.14. The Morgan fingerprint density at radius 3 is 2.44 bits per heavy atom. The molecule has 16 heavy (non-hydrogen) atoms. The third-order valence-electron chi connectivity index (χ3n) is 2.40. The molecule has 0 aliphatic heterocycles.